The Morgan fingerprint density at radius 1 is 0.238 bits per heavy atom. The van der Waals surface area contributed by atoms with E-state index in [9.17, 15) is 0 Å². The van der Waals surface area contributed by atoms with Gasteiger partial charge in [0.25, 0.3) is 0 Å². The summed E-state index contributed by atoms with van der Waals surface area (Å²) >= 11 is 0. The van der Waals surface area contributed by atoms with E-state index in [1.54, 1.807) is 0 Å². The molecule has 0 radical (unpaired) electrons. The molecule has 0 amide bonds. The molecular weight excluding hydrogens is 1270 g/mol. The summed E-state index contributed by atoms with van der Waals surface area (Å²) in [6.07, 6.45) is 0. The minimum Gasteiger partial charge on any atom is -0.456 e. The standard InChI is InChI=1S/C97H58B2N4O2/c1-5-25-59(26-6-1)98-79-37-17-21-41-85(79)102(61-29-9-3-10-30-61)95-81(98)51-49-77-93(95)73-53-63(100-84-40-20-14-34-66(84)70-57-91-72(56-87(70)100)68-36-16-24-44-90(68)104-91)45-47-75(73)97(77)76-48-46-64(101-83-39-19-13-33-65(83)69-55-71-67-35-15-23-43-89(67)105-92(71)58-88(69)101)54-74(76)94-78(97)50-52-82-96(94)103(62-31-11-4-12-32-62)86-42-22-18-38-80(86)99(82)60-27-7-2-8-28-60/h1-58H. The summed E-state index contributed by atoms with van der Waals surface area (Å²) in [6, 6.07) is 132. The van der Waals surface area contributed by atoms with Crippen LogP contribution in [0.15, 0.2) is 361 Å². The first-order chi connectivity index (χ1) is 52.1. The summed E-state index contributed by atoms with van der Waals surface area (Å²) in [4.78, 5) is 5.21. The van der Waals surface area contributed by atoms with Gasteiger partial charge in [0.1, 0.15) is 22.3 Å². The fraction of sp³-hybridized carbons (Fsp3) is 0.0103. The maximum absolute atomic E-state index is 6.79. The zero-order valence-corrected chi connectivity index (χ0v) is 56.7. The molecule has 0 fully saturated rings. The van der Waals surface area contributed by atoms with Crippen molar-refractivity contribution in [1.29, 1.82) is 0 Å². The first-order valence-corrected chi connectivity index (χ1v) is 36.4. The monoisotopic (exact) mass is 1330 g/mol. The van der Waals surface area contributed by atoms with Gasteiger partial charge in [-0.25, -0.2) is 0 Å². The van der Waals surface area contributed by atoms with E-state index in [2.05, 4.69) is 371 Å². The molecular formula is C97H58B2N4O2. The summed E-state index contributed by atoms with van der Waals surface area (Å²) in [5.41, 5.74) is 33.5. The van der Waals surface area contributed by atoms with Crippen molar-refractivity contribution >= 4 is 168 Å². The Morgan fingerprint density at radius 2 is 0.629 bits per heavy atom. The highest BCUT2D eigenvalue weighted by Gasteiger charge is 2.56. The van der Waals surface area contributed by atoms with Crippen molar-refractivity contribution < 1.29 is 8.83 Å². The predicted molar refractivity (Wildman–Crippen MR) is 438 cm³/mol. The largest absolute Gasteiger partial charge is 0.456 e. The topological polar surface area (TPSA) is 42.6 Å². The normalized spacial score (nSPS) is 14.6. The summed E-state index contributed by atoms with van der Waals surface area (Å²) in [5, 5.41) is 9.12. The number of nitrogens with zero attached hydrogens (tertiary/aromatic N) is 4. The van der Waals surface area contributed by atoms with Crippen LogP contribution < -0.4 is 42.6 Å². The summed E-state index contributed by atoms with van der Waals surface area (Å²) in [7, 11) is 0. The second-order valence-electron chi connectivity index (χ2n) is 28.8. The van der Waals surface area contributed by atoms with E-state index < -0.39 is 5.41 Å². The number of rotatable bonds is 6. The molecule has 20 aromatic rings. The lowest BCUT2D eigenvalue weighted by atomic mass is 9.35. The highest BCUT2D eigenvalue weighted by Crippen LogP contribution is 2.67. The number of hydrogen-bond acceptors (Lipinski definition) is 4. The first-order valence-electron chi connectivity index (χ1n) is 36.4. The lowest BCUT2D eigenvalue weighted by Gasteiger charge is -2.40. The molecule has 2 aliphatic heterocycles. The molecule has 16 aromatic carbocycles. The number of hydrogen-bond donors (Lipinski definition) is 0. The molecule has 24 rings (SSSR count). The van der Waals surface area contributed by atoms with Crippen LogP contribution >= 0.6 is 0 Å². The van der Waals surface area contributed by atoms with Crippen molar-refractivity contribution in [3.63, 3.8) is 0 Å². The number of benzene rings is 16. The third-order valence-electron chi connectivity index (χ3n) is 23.8. The van der Waals surface area contributed by atoms with E-state index in [-0.39, 0.29) is 13.4 Å². The van der Waals surface area contributed by atoms with Gasteiger partial charge in [-0.1, -0.05) is 254 Å². The predicted octanol–water partition coefficient (Wildman–Crippen LogP) is 20.6. The lowest BCUT2D eigenvalue weighted by molar-refractivity contribution is 0.669. The van der Waals surface area contributed by atoms with Crippen LogP contribution in [0.2, 0.25) is 0 Å². The second kappa shape index (κ2) is 21.3. The molecule has 1 atom stereocenters. The van der Waals surface area contributed by atoms with Gasteiger partial charge in [0.05, 0.1) is 27.5 Å². The second-order valence-corrected chi connectivity index (χ2v) is 28.8. The average Bonchev–Trinajstić information content (AvgIpc) is 1.48. The van der Waals surface area contributed by atoms with Crippen LogP contribution in [-0.4, -0.2) is 22.6 Å². The van der Waals surface area contributed by atoms with E-state index in [4.69, 9.17) is 8.83 Å². The smallest absolute Gasteiger partial charge is 0.246 e. The van der Waals surface area contributed by atoms with Crippen molar-refractivity contribution in [2.45, 2.75) is 5.41 Å². The minimum atomic E-state index is -0.885. The summed E-state index contributed by atoms with van der Waals surface area (Å²) < 4.78 is 18.5. The fourth-order valence-electron chi connectivity index (χ4n) is 19.7. The van der Waals surface area contributed by atoms with E-state index in [0.29, 0.717) is 0 Å². The molecule has 1 spiro atoms. The molecule has 0 saturated carbocycles. The van der Waals surface area contributed by atoms with Crippen LogP contribution in [0.25, 0.3) is 121 Å². The quantitative estimate of drug-likeness (QED) is 0.156. The van der Waals surface area contributed by atoms with Crippen molar-refractivity contribution in [2.24, 2.45) is 0 Å². The van der Waals surface area contributed by atoms with Gasteiger partial charge >= 0.3 is 0 Å². The molecule has 4 aromatic heterocycles. The van der Waals surface area contributed by atoms with Gasteiger partial charge in [-0.15, -0.1) is 0 Å². The third-order valence-corrected chi connectivity index (χ3v) is 23.8. The lowest BCUT2D eigenvalue weighted by Crippen LogP contribution is -2.57. The van der Waals surface area contributed by atoms with Gasteiger partial charge in [0, 0.05) is 106 Å². The molecule has 0 N–H and O–H groups in total. The number of para-hydroxylation sites is 8. The van der Waals surface area contributed by atoms with Crippen molar-refractivity contribution in [2.75, 3.05) is 9.80 Å². The molecule has 2 aliphatic carbocycles. The van der Waals surface area contributed by atoms with E-state index in [1.165, 1.54) is 105 Å². The molecule has 1 unspecified atom stereocenters. The van der Waals surface area contributed by atoms with E-state index in [1.807, 2.05) is 0 Å². The fourth-order valence-corrected chi connectivity index (χ4v) is 19.7. The van der Waals surface area contributed by atoms with Crippen molar-refractivity contribution in [1.82, 2.24) is 9.13 Å². The Labute approximate surface area is 604 Å². The van der Waals surface area contributed by atoms with Gasteiger partial charge in [-0.3, -0.25) is 0 Å². The number of aromatic nitrogens is 2. The number of furan rings is 2. The Hall–Kier alpha value is -13.6. The maximum atomic E-state index is 6.79. The summed E-state index contributed by atoms with van der Waals surface area (Å²) in [5.74, 6) is 0. The van der Waals surface area contributed by atoms with Crippen molar-refractivity contribution in [3.8, 4) is 33.6 Å². The Balaban J connectivity index is 0.863. The van der Waals surface area contributed by atoms with Gasteiger partial charge in [-0.2, -0.15) is 0 Å². The zero-order chi connectivity index (χ0) is 68.3. The first kappa shape index (κ1) is 57.1. The van der Waals surface area contributed by atoms with E-state index >= 15 is 0 Å². The number of anilines is 6. The van der Waals surface area contributed by atoms with Crippen LogP contribution in [0.5, 0.6) is 0 Å². The molecule has 0 saturated heterocycles. The van der Waals surface area contributed by atoms with Crippen LogP contribution in [0, 0.1) is 0 Å². The molecule has 484 valence electrons. The molecule has 8 heteroatoms. The zero-order valence-electron chi connectivity index (χ0n) is 56.7. The average molecular weight is 1330 g/mol. The highest BCUT2D eigenvalue weighted by atomic mass is 16.3. The van der Waals surface area contributed by atoms with Gasteiger partial charge in [-0.05, 0) is 158 Å². The highest BCUT2D eigenvalue weighted by molar-refractivity contribution is 6.99. The van der Waals surface area contributed by atoms with Crippen LogP contribution in [0.3, 0.4) is 0 Å². The van der Waals surface area contributed by atoms with Crippen molar-refractivity contribution in [3.05, 3.63) is 374 Å². The maximum Gasteiger partial charge on any atom is 0.246 e. The molecule has 6 nitrogen and oxygen atoms in total. The Kier molecular flexibility index (Phi) is 11.6. The minimum absolute atomic E-state index is 0.0884. The molecule has 105 heavy (non-hydrogen) atoms. The molecule has 4 aliphatic rings. The van der Waals surface area contributed by atoms with E-state index in [0.717, 1.165) is 105 Å². The van der Waals surface area contributed by atoms with Gasteiger partial charge in [0.2, 0.25) is 13.4 Å². The van der Waals surface area contributed by atoms with Crippen LogP contribution in [-0.2, 0) is 5.41 Å². The van der Waals surface area contributed by atoms with Gasteiger partial charge < -0.3 is 27.8 Å². The van der Waals surface area contributed by atoms with Gasteiger partial charge in [0.15, 0.2) is 0 Å². The van der Waals surface area contributed by atoms with Crippen LogP contribution in [0.1, 0.15) is 22.3 Å². The van der Waals surface area contributed by atoms with Crippen LogP contribution in [0.4, 0.5) is 34.1 Å². The SMILES string of the molecule is c1ccc(B2c3ccccc3N(c3ccccc3)c3c2ccc2c3-c3cc(-n4c5ccccc5c5cc6c(cc54)oc4ccccc46)ccc3C23c2ccc(-n4c5ccccc5c5cc6oc7ccccc7c6cc54)cc2-c2c3ccc3c2N(c2ccccc2)c2ccccc2B3c2ccccc2)cc1. The Morgan fingerprint density at radius 3 is 1.13 bits per heavy atom. The molecule has 6 heterocycles. The molecule has 0 bridgehead atoms. The number of fused-ring (bicyclic) bond motifs is 28. The Bertz CT molecular complexity index is 7120. The summed E-state index contributed by atoms with van der Waals surface area (Å²) in [6.45, 7) is -0.177. The third kappa shape index (κ3) is 7.63.